The lowest BCUT2D eigenvalue weighted by Crippen LogP contribution is -2.27. The molecule has 0 aliphatic carbocycles. The molecule has 94 valence electrons. The van der Waals surface area contributed by atoms with Crippen LogP contribution in [-0.4, -0.2) is 21.1 Å². The highest BCUT2D eigenvalue weighted by Crippen LogP contribution is 2.14. The molecule has 0 unspecified atom stereocenters. The first-order valence-electron chi connectivity index (χ1n) is 5.95. The van der Waals surface area contributed by atoms with Crippen LogP contribution in [0, 0.1) is 0 Å². The predicted octanol–water partition coefficient (Wildman–Crippen LogP) is 1.86. The van der Waals surface area contributed by atoms with Crippen molar-refractivity contribution in [3.05, 3.63) is 47.5 Å². The van der Waals surface area contributed by atoms with Crippen molar-refractivity contribution in [2.24, 2.45) is 0 Å². The number of nitrogens with one attached hydrogen (secondary N) is 2. The molecule has 0 spiro atoms. The molecule has 1 aromatic heterocycles. The number of benzene rings is 1. The highest BCUT2D eigenvalue weighted by atomic mass is 16.2. The van der Waals surface area contributed by atoms with Gasteiger partial charge in [0.05, 0.1) is 6.04 Å². The number of hydrogen-bond acceptors (Lipinski definition) is 3. The number of aromatic amines is 1. The second-order valence-corrected chi connectivity index (χ2v) is 4.12. The van der Waals surface area contributed by atoms with Crippen LogP contribution in [0.4, 0.5) is 0 Å². The van der Waals surface area contributed by atoms with Crippen LogP contribution < -0.4 is 5.32 Å². The minimum Gasteiger partial charge on any atom is -0.343 e. The zero-order valence-electron chi connectivity index (χ0n) is 10.5. The van der Waals surface area contributed by atoms with E-state index in [4.69, 9.17) is 0 Å². The van der Waals surface area contributed by atoms with E-state index in [1.54, 1.807) is 0 Å². The van der Waals surface area contributed by atoms with Crippen LogP contribution in [0.3, 0.4) is 0 Å². The first-order valence-corrected chi connectivity index (χ1v) is 5.95. The summed E-state index contributed by atoms with van der Waals surface area (Å²) in [5.74, 6) is -0.0217. The molecule has 0 aliphatic heterocycles. The van der Waals surface area contributed by atoms with Gasteiger partial charge < -0.3 is 5.32 Å². The van der Waals surface area contributed by atoms with Crippen molar-refractivity contribution in [1.29, 1.82) is 0 Å². The molecule has 0 aliphatic rings. The van der Waals surface area contributed by atoms with E-state index in [0.29, 0.717) is 0 Å². The molecular formula is C13H16N4O. The van der Waals surface area contributed by atoms with Gasteiger partial charge >= 0.3 is 0 Å². The van der Waals surface area contributed by atoms with E-state index in [1.807, 2.05) is 19.1 Å². The summed E-state index contributed by atoms with van der Waals surface area (Å²) in [6, 6.07) is 8.15. The molecule has 2 N–H and O–H groups in total. The Morgan fingerprint density at radius 1 is 1.39 bits per heavy atom. The quantitative estimate of drug-likeness (QED) is 0.862. The fraction of sp³-hybridized carbons (Fsp3) is 0.308. The van der Waals surface area contributed by atoms with Gasteiger partial charge in [0, 0.05) is 0 Å². The van der Waals surface area contributed by atoms with E-state index in [-0.39, 0.29) is 17.8 Å². The van der Waals surface area contributed by atoms with Crippen LogP contribution in [-0.2, 0) is 6.42 Å². The molecule has 0 saturated heterocycles. The number of rotatable bonds is 4. The summed E-state index contributed by atoms with van der Waals surface area (Å²) in [6.45, 7) is 4.05. The van der Waals surface area contributed by atoms with Crippen molar-refractivity contribution < 1.29 is 4.79 Å². The molecule has 2 rings (SSSR count). The summed E-state index contributed by atoms with van der Waals surface area (Å²) in [4.78, 5) is 15.6. The van der Waals surface area contributed by atoms with Crippen LogP contribution in [0.15, 0.2) is 30.6 Å². The minimum absolute atomic E-state index is 0.0616. The monoisotopic (exact) mass is 244 g/mol. The van der Waals surface area contributed by atoms with Gasteiger partial charge in [-0.3, -0.25) is 9.89 Å². The number of H-pyrrole nitrogens is 1. The van der Waals surface area contributed by atoms with Crippen LogP contribution in [0.2, 0.25) is 0 Å². The van der Waals surface area contributed by atoms with Gasteiger partial charge in [0.15, 0.2) is 0 Å². The van der Waals surface area contributed by atoms with Gasteiger partial charge in [-0.1, -0.05) is 31.2 Å². The smallest absolute Gasteiger partial charge is 0.289 e. The Hall–Kier alpha value is -2.17. The second-order valence-electron chi connectivity index (χ2n) is 4.12. The van der Waals surface area contributed by atoms with Gasteiger partial charge in [-0.2, -0.15) is 5.10 Å². The van der Waals surface area contributed by atoms with Crippen LogP contribution in [0.5, 0.6) is 0 Å². The lowest BCUT2D eigenvalue weighted by Gasteiger charge is -2.13. The van der Waals surface area contributed by atoms with E-state index in [2.05, 4.69) is 39.6 Å². The Labute approximate surface area is 106 Å². The number of aromatic nitrogens is 3. The maximum atomic E-state index is 11.8. The molecule has 5 heteroatoms. The molecular weight excluding hydrogens is 228 g/mol. The molecule has 0 fully saturated rings. The zero-order valence-corrected chi connectivity index (χ0v) is 10.5. The summed E-state index contributed by atoms with van der Waals surface area (Å²) in [5.41, 5.74) is 2.35. The number of aryl methyl sites for hydroxylation is 1. The Bertz CT molecular complexity index is 504. The third-order valence-electron chi connectivity index (χ3n) is 2.87. The van der Waals surface area contributed by atoms with E-state index < -0.39 is 0 Å². The molecule has 1 amide bonds. The molecule has 0 saturated carbocycles. The minimum atomic E-state index is -0.250. The topological polar surface area (TPSA) is 70.7 Å². The summed E-state index contributed by atoms with van der Waals surface area (Å²) in [6.07, 6.45) is 2.33. The summed E-state index contributed by atoms with van der Waals surface area (Å²) < 4.78 is 0. The van der Waals surface area contributed by atoms with Crippen molar-refractivity contribution in [3.8, 4) is 0 Å². The first kappa shape index (κ1) is 12.3. The SMILES string of the molecule is CCc1ccc([C@H](C)NC(=O)c2ncn[nH]2)cc1. The van der Waals surface area contributed by atoms with Gasteiger partial charge in [-0.15, -0.1) is 0 Å². The van der Waals surface area contributed by atoms with E-state index in [0.717, 1.165) is 12.0 Å². The van der Waals surface area contributed by atoms with Crippen molar-refractivity contribution in [3.63, 3.8) is 0 Å². The lowest BCUT2D eigenvalue weighted by atomic mass is 10.1. The normalized spacial score (nSPS) is 12.1. The third kappa shape index (κ3) is 2.74. The lowest BCUT2D eigenvalue weighted by molar-refractivity contribution is 0.0930. The Morgan fingerprint density at radius 3 is 2.67 bits per heavy atom. The van der Waals surface area contributed by atoms with Crippen molar-refractivity contribution in [2.75, 3.05) is 0 Å². The average molecular weight is 244 g/mol. The van der Waals surface area contributed by atoms with Crippen molar-refractivity contribution in [1.82, 2.24) is 20.5 Å². The van der Waals surface area contributed by atoms with Crippen LogP contribution in [0.25, 0.3) is 0 Å². The van der Waals surface area contributed by atoms with E-state index in [9.17, 15) is 4.79 Å². The second kappa shape index (κ2) is 5.44. The fourth-order valence-corrected chi connectivity index (χ4v) is 1.71. The van der Waals surface area contributed by atoms with Gasteiger partial charge in [0.1, 0.15) is 6.33 Å². The molecule has 2 aromatic rings. The van der Waals surface area contributed by atoms with Gasteiger partial charge in [0.25, 0.3) is 5.91 Å². The highest BCUT2D eigenvalue weighted by Gasteiger charge is 2.13. The van der Waals surface area contributed by atoms with Crippen molar-refractivity contribution in [2.45, 2.75) is 26.3 Å². The number of nitrogens with zero attached hydrogens (tertiary/aromatic N) is 2. The highest BCUT2D eigenvalue weighted by molar-refractivity contribution is 5.90. The first-order chi connectivity index (χ1) is 8.70. The number of hydrogen-bond donors (Lipinski definition) is 2. The van der Waals surface area contributed by atoms with Gasteiger partial charge in [-0.25, -0.2) is 4.98 Å². The Morgan fingerprint density at radius 2 is 2.11 bits per heavy atom. The Balaban J connectivity index is 2.02. The molecule has 18 heavy (non-hydrogen) atoms. The van der Waals surface area contributed by atoms with Crippen LogP contribution >= 0.6 is 0 Å². The number of carbonyl (C=O) groups excluding carboxylic acids is 1. The maximum absolute atomic E-state index is 11.8. The zero-order chi connectivity index (χ0) is 13.0. The summed E-state index contributed by atoms with van der Waals surface area (Å²) in [5, 5.41) is 9.05. The Kier molecular flexibility index (Phi) is 3.72. The predicted molar refractivity (Wildman–Crippen MR) is 68.1 cm³/mol. The standard InChI is InChI=1S/C13H16N4O/c1-3-10-4-6-11(7-5-10)9(2)16-13(18)12-14-8-15-17-12/h4-9H,3H2,1-2H3,(H,16,18)(H,14,15,17)/t9-/m0/s1. The third-order valence-corrected chi connectivity index (χ3v) is 2.87. The summed E-state index contributed by atoms with van der Waals surface area (Å²) in [7, 11) is 0. The largest absolute Gasteiger partial charge is 0.343 e. The van der Waals surface area contributed by atoms with E-state index in [1.165, 1.54) is 11.9 Å². The average Bonchev–Trinajstić information content (AvgIpc) is 2.92. The fourth-order valence-electron chi connectivity index (χ4n) is 1.71. The maximum Gasteiger partial charge on any atom is 0.289 e. The molecule has 1 aromatic carbocycles. The van der Waals surface area contributed by atoms with Crippen LogP contribution in [0.1, 0.15) is 41.6 Å². The number of carbonyl (C=O) groups is 1. The summed E-state index contributed by atoms with van der Waals surface area (Å²) >= 11 is 0. The molecule has 0 radical (unpaired) electrons. The van der Waals surface area contributed by atoms with Gasteiger partial charge in [0.2, 0.25) is 5.82 Å². The molecule has 5 nitrogen and oxygen atoms in total. The molecule has 1 heterocycles. The number of amides is 1. The van der Waals surface area contributed by atoms with Gasteiger partial charge in [-0.05, 0) is 24.5 Å². The van der Waals surface area contributed by atoms with Crippen molar-refractivity contribution >= 4 is 5.91 Å². The molecule has 1 atom stereocenters. The van der Waals surface area contributed by atoms with E-state index >= 15 is 0 Å². The molecule has 0 bridgehead atoms.